The second-order valence-corrected chi connectivity index (χ2v) is 5.07. The maximum absolute atomic E-state index is 11.4. The third-order valence-electron chi connectivity index (χ3n) is 2.19. The average Bonchev–Trinajstić information content (AvgIpc) is 2.44. The number of benzene rings is 1. The van der Waals surface area contributed by atoms with Crippen molar-refractivity contribution in [2.75, 3.05) is 18.1 Å². The number of aliphatic carboxylic acids is 1. The van der Waals surface area contributed by atoms with Gasteiger partial charge < -0.3 is 9.84 Å². The molecule has 0 saturated heterocycles. The topological polar surface area (TPSA) is 105 Å². The zero-order valence-corrected chi connectivity index (χ0v) is 12.2. The number of carboxylic acid groups (broad SMARTS) is 1. The number of carbonyl (C=O) groups excluding carboxylic acids is 2. The number of hydrogen-bond acceptors (Lipinski definition) is 5. The minimum absolute atomic E-state index is 0.0502. The van der Waals surface area contributed by atoms with E-state index in [1.54, 1.807) is 12.1 Å². The van der Waals surface area contributed by atoms with E-state index in [1.807, 2.05) is 19.1 Å². The Morgan fingerprint density at radius 3 is 2.33 bits per heavy atom. The number of rotatable bonds is 7. The van der Waals surface area contributed by atoms with E-state index in [0.717, 1.165) is 17.3 Å². The second-order valence-electron chi connectivity index (χ2n) is 4.08. The first-order chi connectivity index (χ1) is 9.97. The Balaban J connectivity index is 2.17. The highest BCUT2D eigenvalue weighted by Crippen LogP contribution is 2.10. The lowest BCUT2D eigenvalue weighted by Crippen LogP contribution is -2.44. The molecule has 0 spiro atoms. The van der Waals surface area contributed by atoms with Gasteiger partial charge in [0, 0.05) is 0 Å². The van der Waals surface area contributed by atoms with E-state index in [9.17, 15) is 14.4 Å². The van der Waals surface area contributed by atoms with Crippen molar-refractivity contribution in [2.45, 2.75) is 6.92 Å². The Labute approximate surface area is 126 Å². The molecule has 114 valence electrons. The zero-order valence-electron chi connectivity index (χ0n) is 11.4. The highest BCUT2D eigenvalue weighted by molar-refractivity contribution is 8.00. The van der Waals surface area contributed by atoms with Gasteiger partial charge in [0.2, 0.25) is 5.91 Å². The molecule has 1 rings (SSSR count). The Hall–Kier alpha value is -2.22. The maximum Gasteiger partial charge on any atom is 0.313 e. The number of ether oxygens (including phenoxy) is 1. The summed E-state index contributed by atoms with van der Waals surface area (Å²) < 4.78 is 5.22. The van der Waals surface area contributed by atoms with Crippen LogP contribution in [0.3, 0.4) is 0 Å². The van der Waals surface area contributed by atoms with Gasteiger partial charge in [-0.25, -0.2) is 0 Å². The summed E-state index contributed by atoms with van der Waals surface area (Å²) in [4.78, 5) is 32.9. The van der Waals surface area contributed by atoms with E-state index in [1.165, 1.54) is 0 Å². The van der Waals surface area contributed by atoms with E-state index in [4.69, 9.17) is 9.84 Å². The van der Waals surface area contributed by atoms with Crippen molar-refractivity contribution in [3.8, 4) is 5.75 Å². The van der Waals surface area contributed by atoms with Gasteiger partial charge in [-0.15, -0.1) is 11.8 Å². The molecule has 0 unspecified atom stereocenters. The van der Waals surface area contributed by atoms with Gasteiger partial charge in [-0.05, 0) is 19.1 Å². The molecule has 0 aliphatic heterocycles. The summed E-state index contributed by atoms with van der Waals surface area (Å²) in [5.41, 5.74) is 5.43. The molecule has 21 heavy (non-hydrogen) atoms. The molecule has 3 N–H and O–H groups in total. The van der Waals surface area contributed by atoms with Crippen LogP contribution >= 0.6 is 11.8 Å². The molecule has 0 heterocycles. The third kappa shape index (κ3) is 7.83. The smallest absolute Gasteiger partial charge is 0.313 e. The van der Waals surface area contributed by atoms with Crippen molar-refractivity contribution in [3.05, 3.63) is 29.8 Å². The number of hydrogen-bond donors (Lipinski definition) is 3. The first-order valence-electron chi connectivity index (χ1n) is 6.04. The number of thioether (sulfide) groups is 1. The molecule has 1 aromatic carbocycles. The van der Waals surface area contributed by atoms with Crippen LogP contribution in [0, 0.1) is 6.92 Å². The fourth-order valence-corrected chi connectivity index (χ4v) is 1.76. The molecular formula is C13H16N2O5S. The number of amides is 2. The van der Waals surface area contributed by atoms with Crippen LogP contribution in [0.25, 0.3) is 0 Å². The van der Waals surface area contributed by atoms with Crippen LogP contribution in [0.2, 0.25) is 0 Å². The van der Waals surface area contributed by atoms with Gasteiger partial charge in [0.25, 0.3) is 5.91 Å². The Morgan fingerprint density at radius 2 is 1.71 bits per heavy atom. The Bertz CT molecular complexity index is 504. The minimum Gasteiger partial charge on any atom is -0.484 e. The van der Waals surface area contributed by atoms with Crippen molar-refractivity contribution >= 4 is 29.5 Å². The molecule has 8 heteroatoms. The lowest BCUT2D eigenvalue weighted by molar-refractivity contribution is -0.134. The van der Waals surface area contributed by atoms with Crippen LogP contribution in [0.5, 0.6) is 5.75 Å². The van der Waals surface area contributed by atoms with Crippen molar-refractivity contribution in [1.82, 2.24) is 10.9 Å². The predicted octanol–water partition coefficient (Wildman–Crippen LogP) is 0.339. The van der Waals surface area contributed by atoms with Crippen molar-refractivity contribution in [3.63, 3.8) is 0 Å². The minimum atomic E-state index is -0.997. The second kappa shape index (κ2) is 8.85. The van der Waals surface area contributed by atoms with Gasteiger partial charge >= 0.3 is 5.97 Å². The molecule has 0 aliphatic carbocycles. The number of hydrazine groups is 1. The van der Waals surface area contributed by atoms with Gasteiger partial charge in [0.1, 0.15) is 5.75 Å². The lowest BCUT2D eigenvalue weighted by Gasteiger charge is -2.08. The van der Waals surface area contributed by atoms with Crippen molar-refractivity contribution < 1.29 is 24.2 Å². The van der Waals surface area contributed by atoms with E-state index >= 15 is 0 Å². The molecule has 0 fully saturated rings. The normalized spacial score (nSPS) is 9.76. The Kier molecular flexibility index (Phi) is 7.10. The molecule has 0 aromatic heterocycles. The Morgan fingerprint density at radius 1 is 1.10 bits per heavy atom. The van der Waals surface area contributed by atoms with Crippen LogP contribution < -0.4 is 15.6 Å². The standard InChI is InChI=1S/C13H16N2O5S/c1-9-2-4-10(5-3-9)20-6-11(16)14-15-12(17)7-21-8-13(18)19/h2-5H,6-8H2,1H3,(H,14,16)(H,15,17)(H,18,19). The highest BCUT2D eigenvalue weighted by atomic mass is 32.2. The first-order valence-corrected chi connectivity index (χ1v) is 7.19. The summed E-state index contributed by atoms with van der Waals surface area (Å²) in [5, 5.41) is 8.40. The van der Waals surface area contributed by atoms with Crippen LogP contribution in [0.4, 0.5) is 0 Å². The molecule has 2 amide bonds. The summed E-state index contributed by atoms with van der Waals surface area (Å²) in [6.07, 6.45) is 0. The van der Waals surface area contributed by atoms with Crippen LogP contribution in [0.1, 0.15) is 5.56 Å². The highest BCUT2D eigenvalue weighted by Gasteiger charge is 2.07. The van der Waals surface area contributed by atoms with Crippen molar-refractivity contribution in [1.29, 1.82) is 0 Å². The first kappa shape index (κ1) is 16.8. The number of nitrogens with one attached hydrogen (secondary N) is 2. The zero-order chi connectivity index (χ0) is 15.7. The molecule has 1 aromatic rings. The quantitative estimate of drug-likeness (QED) is 0.627. The molecule has 0 bridgehead atoms. The molecule has 7 nitrogen and oxygen atoms in total. The van der Waals surface area contributed by atoms with E-state index < -0.39 is 17.8 Å². The molecule has 0 radical (unpaired) electrons. The van der Waals surface area contributed by atoms with Gasteiger partial charge in [0.05, 0.1) is 11.5 Å². The van der Waals surface area contributed by atoms with Gasteiger partial charge in [0.15, 0.2) is 6.61 Å². The van der Waals surface area contributed by atoms with Crippen LogP contribution in [-0.4, -0.2) is 41.0 Å². The van der Waals surface area contributed by atoms with Gasteiger partial charge in [-0.3, -0.25) is 25.2 Å². The number of aryl methyl sites for hydroxylation is 1. The monoisotopic (exact) mass is 312 g/mol. The molecular weight excluding hydrogens is 296 g/mol. The largest absolute Gasteiger partial charge is 0.484 e. The molecule has 0 atom stereocenters. The van der Waals surface area contributed by atoms with E-state index in [2.05, 4.69) is 10.9 Å². The van der Waals surface area contributed by atoms with Crippen molar-refractivity contribution in [2.24, 2.45) is 0 Å². The summed E-state index contributed by atoms with van der Waals surface area (Å²) in [6, 6.07) is 7.19. The third-order valence-corrected chi connectivity index (χ3v) is 3.11. The lowest BCUT2D eigenvalue weighted by atomic mass is 10.2. The summed E-state index contributed by atoms with van der Waals surface area (Å²) in [7, 11) is 0. The molecule has 0 saturated carbocycles. The summed E-state index contributed by atoms with van der Waals surface area (Å²) >= 11 is 0.939. The predicted molar refractivity (Wildman–Crippen MR) is 77.9 cm³/mol. The van der Waals surface area contributed by atoms with Gasteiger partial charge in [-0.1, -0.05) is 17.7 Å². The van der Waals surface area contributed by atoms with E-state index in [-0.39, 0.29) is 18.1 Å². The SMILES string of the molecule is Cc1ccc(OCC(=O)NNC(=O)CSCC(=O)O)cc1. The molecule has 0 aliphatic rings. The van der Waals surface area contributed by atoms with Crippen LogP contribution in [0.15, 0.2) is 24.3 Å². The van der Waals surface area contributed by atoms with Gasteiger partial charge in [-0.2, -0.15) is 0 Å². The number of carboxylic acids is 1. The van der Waals surface area contributed by atoms with Crippen LogP contribution in [-0.2, 0) is 14.4 Å². The number of carbonyl (C=O) groups is 3. The fourth-order valence-electron chi connectivity index (χ4n) is 1.23. The summed E-state index contributed by atoms with van der Waals surface area (Å²) in [6.45, 7) is 1.71. The maximum atomic E-state index is 11.4. The van der Waals surface area contributed by atoms with E-state index in [0.29, 0.717) is 5.75 Å². The average molecular weight is 312 g/mol. The fraction of sp³-hybridized carbons (Fsp3) is 0.308. The summed E-state index contributed by atoms with van der Waals surface area (Å²) in [5.74, 6) is -1.65.